The molecule has 35 heavy (non-hydrogen) atoms. The van der Waals surface area contributed by atoms with Crippen LogP contribution >= 0.6 is 11.6 Å². The van der Waals surface area contributed by atoms with E-state index in [9.17, 15) is 19.1 Å². The average molecular weight is 495 g/mol. The Hall–Kier alpha value is -3.22. The van der Waals surface area contributed by atoms with Crippen molar-refractivity contribution in [2.45, 2.75) is 37.3 Å². The van der Waals surface area contributed by atoms with Crippen molar-refractivity contribution in [1.29, 1.82) is 0 Å². The first kappa shape index (κ1) is 24.9. The molecule has 0 unspecified atom stereocenters. The number of amides is 2. The first-order valence-electron chi connectivity index (χ1n) is 11.7. The zero-order chi connectivity index (χ0) is 24.8. The van der Waals surface area contributed by atoms with E-state index >= 15 is 0 Å². The Morgan fingerprint density at radius 1 is 0.943 bits per heavy atom. The summed E-state index contributed by atoms with van der Waals surface area (Å²) in [6.07, 6.45) is 0.225. The first-order valence-corrected chi connectivity index (χ1v) is 12.1. The summed E-state index contributed by atoms with van der Waals surface area (Å²) in [6, 6.07) is 21.9. The molecular weight excluding hydrogens is 467 g/mol. The quantitative estimate of drug-likeness (QED) is 0.495. The molecule has 0 aliphatic carbocycles. The Bertz CT molecular complexity index is 1140. The number of carbonyl (C=O) groups excluding carboxylic acids is 2. The predicted molar refractivity (Wildman–Crippen MR) is 134 cm³/mol. The van der Waals surface area contributed by atoms with Crippen LogP contribution in [0.5, 0.6) is 0 Å². The highest BCUT2D eigenvalue weighted by atomic mass is 35.5. The number of carbonyl (C=O) groups is 2. The van der Waals surface area contributed by atoms with Gasteiger partial charge in [0.05, 0.1) is 6.10 Å². The smallest absolute Gasteiger partial charge is 0.245 e. The summed E-state index contributed by atoms with van der Waals surface area (Å²) in [5, 5.41) is 14.6. The summed E-state index contributed by atoms with van der Waals surface area (Å²) < 4.78 is 13.4. The lowest BCUT2D eigenvalue weighted by molar-refractivity contribution is -0.140. The van der Waals surface area contributed by atoms with Crippen molar-refractivity contribution in [3.8, 4) is 0 Å². The van der Waals surface area contributed by atoms with Gasteiger partial charge in [0.2, 0.25) is 11.8 Å². The molecule has 0 saturated carbocycles. The van der Waals surface area contributed by atoms with E-state index in [0.29, 0.717) is 30.0 Å². The van der Waals surface area contributed by atoms with Crippen LogP contribution in [0.3, 0.4) is 0 Å². The molecule has 2 N–H and O–H groups in total. The lowest BCUT2D eigenvalue weighted by Crippen LogP contribution is -2.50. The molecule has 7 heteroatoms. The molecule has 182 valence electrons. The molecule has 3 atom stereocenters. The van der Waals surface area contributed by atoms with Crippen molar-refractivity contribution in [3.63, 3.8) is 0 Å². The molecule has 4 rings (SSSR count). The van der Waals surface area contributed by atoms with Crippen molar-refractivity contribution in [1.82, 2.24) is 10.2 Å². The summed E-state index contributed by atoms with van der Waals surface area (Å²) >= 11 is 5.94. The molecule has 1 saturated heterocycles. The highest BCUT2D eigenvalue weighted by molar-refractivity contribution is 6.30. The Morgan fingerprint density at radius 3 is 2.29 bits per heavy atom. The van der Waals surface area contributed by atoms with Crippen LogP contribution in [0.4, 0.5) is 4.39 Å². The number of hydrogen-bond donors (Lipinski definition) is 2. The lowest BCUT2D eigenvalue weighted by atomic mass is 9.93. The minimum absolute atomic E-state index is 0.184. The number of halogens is 2. The van der Waals surface area contributed by atoms with Crippen LogP contribution < -0.4 is 5.32 Å². The van der Waals surface area contributed by atoms with E-state index in [1.807, 2.05) is 42.5 Å². The Kier molecular flexibility index (Phi) is 8.16. The number of aliphatic hydroxyl groups excluding tert-OH is 1. The van der Waals surface area contributed by atoms with Crippen LogP contribution in [-0.4, -0.2) is 47.1 Å². The predicted octanol–water partition coefficient (Wildman–Crippen LogP) is 4.13. The normalized spacial score (nSPS) is 19.5. The maximum Gasteiger partial charge on any atom is 0.245 e. The van der Waals surface area contributed by atoms with Gasteiger partial charge in [0, 0.05) is 30.5 Å². The summed E-state index contributed by atoms with van der Waals surface area (Å²) in [7, 11) is 0. The van der Waals surface area contributed by atoms with Crippen LogP contribution in [0.25, 0.3) is 0 Å². The van der Waals surface area contributed by atoms with Gasteiger partial charge < -0.3 is 15.3 Å². The van der Waals surface area contributed by atoms with Crippen LogP contribution in [-0.2, 0) is 22.4 Å². The molecule has 0 spiro atoms. The maximum atomic E-state index is 13.4. The number of likely N-dealkylation sites (tertiary alicyclic amines) is 1. The summed E-state index contributed by atoms with van der Waals surface area (Å²) in [5.74, 6) is -1.47. The third-order valence-electron chi connectivity index (χ3n) is 6.45. The van der Waals surface area contributed by atoms with Crippen LogP contribution in [0.1, 0.15) is 29.0 Å². The van der Waals surface area contributed by atoms with Gasteiger partial charge in [0.1, 0.15) is 11.9 Å². The molecule has 0 aromatic heterocycles. The molecule has 1 aliphatic rings. The Morgan fingerprint density at radius 2 is 1.60 bits per heavy atom. The number of aliphatic hydroxyl groups is 1. The van der Waals surface area contributed by atoms with Crippen molar-refractivity contribution in [3.05, 3.63) is 106 Å². The molecule has 3 aromatic carbocycles. The molecule has 2 amide bonds. The van der Waals surface area contributed by atoms with Crippen LogP contribution in [0.15, 0.2) is 78.9 Å². The fourth-order valence-corrected chi connectivity index (χ4v) is 4.66. The molecule has 1 fully saturated rings. The van der Waals surface area contributed by atoms with Crippen molar-refractivity contribution in [2.24, 2.45) is 0 Å². The number of nitrogens with one attached hydrogen (secondary N) is 1. The zero-order valence-corrected chi connectivity index (χ0v) is 20.0. The van der Waals surface area contributed by atoms with E-state index in [-0.39, 0.29) is 24.7 Å². The summed E-state index contributed by atoms with van der Waals surface area (Å²) in [4.78, 5) is 27.8. The van der Waals surface area contributed by atoms with E-state index in [1.54, 1.807) is 24.3 Å². The van der Waals surface area contributed by atoms with Gasteiger partial charge in [0.15, 0.2) is 0 Å². The summed E-state index contributed by atoms with van der Waals surface area (Å²) in [6.45, 7) is 0.573. The molecular formula is C28H28ClFN2O3. The first-order chi connectivity index (χ1) is 16.9. The molecule has 5 nitrogen and oxygen atoms in total. The minimum atomic E-state index is -1.10. The second-order valence-electron chi connectivity index (χ2n) is 8.79. The monoisotopic (exact) mass is 494 g/mol. The SMILES string of the molecule is O=C(NCCc1ccccc1)[C@@H]1[C@H](O)[C@@H](c2ccc(F)cc2)CN1C(=O)CCc1ccc(Cl)cc1. The Labute approximate surface area is 209 Å². The van der Waals surface area contributed by atoms with Crippen molar-refractivity contribution < 1.29 is 19.1 Å². The van der Waals surface area contributed by atoms with Crippen molar-refractivity contribution in [2.75, 3.05) is 13.1 Å². The second-order valence-corrected chi connectivity index (χ2v) is 9.23. The third kappa shape index (κ3) is 6.27. The van der Waals surface area contributed by atoms with Gasteiger partial charge in [-0.2, -0.15) is 0 Å². The average Bonchev–Trinajstić information content (AvgIpc) is 3.21. The number of rotatable bonds is 8. The molecule has 1 heterocycles. The molecule has 0 bridgehead atoms. The molecule has 3 aromatic rings. The van der Waals surface area contributed by atoms with Gasteiger partial charge in [0.25, 0.3) is 0 Å². The number of aryl methyl sites for hydroxylation is 1. The van der Waals surface area contributed by atoms with Crippen molar-refractivity contribution >= 4 is 23.4 Å². The molecule has 0 radical (unpaired) electrons. The van der Waals surface area contributed by atoms with Gasteiger partial charge in [-0.3, -0.25) is 9.59 Å². The van der Waals surface area contributed by atoms with E-state index < -0.39 is 24.0 Å². The maximum absolute atomic E-state index is 13.4. The van der Waals surface area contributed by atoms with Gasteiger partial charge >= 0.3 is 0 Å². The third-order valence-corrected chi connectivity index (χ3v) is 6.70. The lowest BCUT2D eigenvalue weighted by Gasteiger charge is -2.25. The zero-order valence-electron chi connectivity index (χ0n) is 19.2. The summed E-state index contributed by atoms with van der Waals surface area (Å²) in [5.41, 5.74) is 2.73. The van der Waals surface area contributed by atoms with Crippen LogP contribution in [0.2, 0.25) is 5.02 Å². The highest BCUT2D eigenvalue weighted by Gasteiger charge is 2.47. The number of benzene rings is 3. The highest BCUT2D eigenvalue weighted by Crippen LogP contribution is 2.33. The standard InChI is InChI=1S/C28H28ClFN2O3/c29-22-11-6-20(7-12-22)8-15-25(33)32-18-24(21-9-13-23(30)14-10-21)27(34)26(32)28(35)31-17-16-19-4-2-1-3-5-19/h1-7,9-14,24,26-27,34H,8,15-18H2,(H,31,35)/t24-,26+,27-/m1/s1. The van der Waals surface area contributed by atoms with E-state index in [4.69, 9.17) is 11.6 Å². The number of hydrogen-bond acceptors (Lipinski definition) is 3. The topological polar surface area (TPSA) is 69.6 Å². The van der Waals surface area contributed by atoms with Gasteiger partial charge in [-0.05, 0) is 53.8 Å². The van der Waals surface area contributed by atoms with E-state index in [2.05, 4.69) is 5.32 Å². The molecule has 1 aliphatic heterocycles. The van der Waals surface area contributed by atoms with Gasteiger partial charge in [-0.1, -0.05) is 66.2 Å². The number of nitrogens with zero attached hydrogens (tertiary/aromatic N) is 1. The van der Waals surface area contributed by atoms with Gasteiger partial charge in [-0.15, -0.1) is 0 Å². The fourth-order valence-electron chi connectivity index (χ4n) is 4.53. The largest absolute Gasteiger partial charge is 0.390 e. The van der Waals surface area contributed by atoms with Gasteiger partial charge in [-0.25, -0.2) is 4.39 Å². The van der Waals surface area contributed by atoms with E-state index in [1.165, 1.54) is 17.0 Å². The Balaban J connectivity index is 1.47. The van der Waals surface area contributed by atoms with Crippen LogP contribution in [0, 0.1) is 5.82 Å². The minimum Gasteiger partial charge on any atom is -0.390 e. The van der Waals surface area contributed by atoms with E-state index in [0.717, 1.165) is 11.1 Å². The second kappa shape index (κ2) is 11.5. The fraction of sp³-hybridized carbons (Fsp3) is 0.286.